The van der Waals surface area contributed by atoms with E-state index >= 15 is 0 Å². The number of amides is 2. The first-order valence-corrected chi connectivity index (χ1v) is 11.6. The van der Waals surface area contributed by atoms with Gasteiger partial charge in [-0.1, -0.05) is 33.6 Å². The van der Waals surface area contributed by atoms with Crippen LogP contribution in [0.3, 0.4) is 0 Å². The molecule has 30 heavy (non-hydrogen) atoms. The van der Waals surface area contributed by atoms with Gasteiger partial charge in [-0.3, -0.25) is 9.59 Å². The van der Waals surface area contributed by atoms with E-state index in [2.05, 4.69) is 17.6 Å². The molecule has 0 aliphatic carbocycles. The molecule has 1 aliphatic rings. The van der Waals surface area contributed by atoms with Crippen LogP contribution < -0.4 is 10.6 Å². The van der Waals surface area contributed by atoms with Gasteiger partial charge < -0.3 is 20.3 Å². The summed E-state index contributed by atoms with van der Waals surface area (Å²) in [7, 11) is 0. The van der Waals surface area contributed by atoms with E-state index in [1.807, 2.05) is 20.8 Å². The van der Waals surface area contributed by atoms with Crippen molar-refractivity contribution in [3.05, 3.63) is 0 Å². The van der Waals surface area contributed by atoms with Crippen molar-refractivity contribution in [2.24, 2.45) is 5.92 Å². The molecule has 1 fully saturated rings. The van der Waals surface area contributed by atoms with E-state index in [9.17, 15) is 14.4 Å². The summed E-state index contributed by atoms with van der Waals surface area (Å²) in [6, 6.07) is -0.366. The molecule has 1 saturated heterocycles. The molecule has 2 amide bonds. The van der Waals surface area contributed by atoms with Gasteiger partial charge in [0.2, 0.25) is 11.4 Å². The minimum atomic E-state index is -1.67. The molecule has 1 aliphatic heterocycles. The van der Waals surface area contributed by atoms with Crippen LogP contribution in [0.15, 0.2) is 0 Å². The second-order valence-electron chi connectivity index (χ2n) is 9.67. The van der Waals surface area contributed by atoms with E-state index in [1.54, 1.807) is 20.8 Å². The van der Waals surface area contributed by atoms with Crippen LogP contribution in [0.2, 0.25) is 0 Å². The number of ether oxygens (including phenoxy) is 1. The van der Waals surface area contributed by atoms with E-state index in [0.29, 0.717) is 19.5 Å². The number of nitrogens with zero attached hydrogens (tertiary/aromatic N) is 1. The van der Waals surface area contributed by atoms with Crippen molar-refractivity contribution in [3.63, 3.8) is 0 Å². The van der Waals surface area contributed by atoms with Crippen molar-refractivity contribution in [1.82, 2.24) is 15.5 Å². The number of carbonyl (C=O) groups excluding carboxylic acids is 3. The second-order valence-corrected chi connectivity index (χ2v) is 9.67. The Labute approximate surface area is 182 Å². The van der Waals surface area contributed by atoms with Gasteiger partial charge in [-0.25, -0.2) is 4.79 Å². The molecule has 1 rings (SSSR count). The maximum Gasteiger partial charge on any atom is 0.342 e. The monoisotopic (exact) mass is 425 g/mol. The van der Waals surface area contributed by atoms with Gasteiger partial charge >= 0.3 is 5.97 Å². The molecule has 0 unspecified atom stereocenters. The Morgan fingerprint density at radius 3 is 2.30 bits per heavy atom. The summed E-state index contributed by atoms with van der Waals surface area (Å²) in [6.45, 7) is 14.7. The van der Waals surface area contributed by atoms with Crippen LogP contribution in [0, 0.1) is 5.92 Å². The first-order valence-electron chi connectivity index (χ1n) is 11.6. The number of rotatable bonds is 11. The SMILES string of the molecule is CCCCCN(C(=O)[C@@H]1CCCN1)[C@@](CC(C)C)(C(=O)NCC)C(=O)OC(C)(C)C. The van der Waals surface area contributed by atoms with Crippen LogP contribution in [-0.2, 0) is 19.1 Å². The molecule has 0 bridgehead atoms. The molecule has 1 heterocycles. The Bertz CT molecular complexity index is 579. The lowest BCUT2D eigenvalue weighted by atomic mass is 9.84. The summed E-state index contributed by atoms with van der Waals surface area (Å²) in [6.07, 6.45) is 4.47. The van der Waals surface area contributed by atoms with E-state index in [1.165, 1.54) is 4.90 Å². The standard InChI is InChI=1S/C23H43N3O4/c1-8-10-11-15-26(19(27)18-13-12-14-25-18)23(16-17(3)4,20(28)24-9-2)21(29)30-22(5,6)7/h17-18,25H,8-16H2,1-7H3,(H,24,28)/t18-,23-/m0/s1. The number of carbonyl (C=O) groups is 3. The van der Waals surface area contributed by atoms with Crippen LogP contribution in [0.4, 0.5) is 0 Å². The molecule has 0 aromatic carbocycles. The molecule has 0 spiro atoms. The first-order chi connectivity index (χ1) is 14.0. The van der Waals surface area contributed by atoms with Crippen molar-refractivity contribution in [2.75, 3.05) is 19.6 Å². The highest BCUT2D eigenvalue weighted by Gasteiger charge is 2.55. The smallest absolute Gasteiger partial charge is 0.342 e. The van der Waals surface area contributed by atoms with E-state index in [0.717, 1.165) is 32.2 Å². The molecule has 0 radical (unpaired) electrons. The van der Waals surface area contributed by atoms with E-state index in [4.69, 9.17) is 4.74 Å². The molecule has 174 valence electrons. The Kier molecular flexibility index (Phi) is 10.3. The third kappa shape index (κ3) is 6.96. The fourth-order valence-corrected chi connectivity index (χ4v) is 3.96. The van der Waals surface area contributed by atoms with Gasteiger partial charge in [0.1, 0.15) is 5.60 Å². The highest BCUT2D eigenvalue weighted by Crippen LogP contribution is 2.31. The average molecular weight is 426 g/mol. The number of unbranched alkanes of at least 4 members (excludes halogenated alkanes) is 2. The Balaban J connectivity index is 3.54. The van der Waals surface area contributed by atoms with Crippen LogP contribution in [0.5, 0.6) is 0 Å². The number of hydrogen-bond acceptors (Lipinski definition) is 5. The third-order valence-electron chi connectivity index (χ3n) is 5.22. The van der Waals surface area contributed by atoms with Gasteiger partial charge in [-0.05, 0) is 65.8 Å². The van der Waals surface area contributed by atoms with E-state index in [-0.39, 0.29) is 24.3 Å². The maximum atomic E-state index is 13.6. The molecule has 0 saturated carbocycles. The summed E-state index contributed by atoms with van der Waals surface area (Å²) in [5.74, 6) is -1.26. The number of esters is 1. The highest BCUT2D eigenvalue weighted by molar-refractivity contribution is 6.10. The molecular weight excluding hydrogens is 382 g/mol. The van der Waals surface area contributed by atoms with Crippen LogP contribution in [-0.4, -0.2) is 59.5 Å². The Morgan fingerprint density at radius 2 is 1.83 bits per heavy atom. The topological polar surface area (TPSA) is 87.7 Å². The van der Waals surface area contributed by atoms with Crippen molar-refractivity contribution in [2.45, 2.75) is 104 Å². The van der Waals surface area contributed by atoms with Crippen LogP contribution in [0.1, 0.15) is 87.0 Å². The summed E-state index contributed by atoms with van der Waals surface area (Å²) >= 11 is 0. The van der Waals surface area contributed by atoms with Gasteiger partial charge in [0.15, 0.2) is 0 Å². The fraction of sp³-hybridized carbons (Fsp3) is 0.870. The largest absolute Gasteiger partial charge is 0.458 e. The Morgan fingerprint density at radius 1 is 1.17 bits per heavy atom. The highest BCUT2D eigenvalue weighted by atomic mass is 16.6. The zero-order chi connectivity index (χ0) is 22.9. The number of hydrogen-bond donors (Lipinski definition) is 2. The lowest BCUT2D eigenvalue weighted by Gasteiger charge is -2.43. The molecule has 7 nitrogen and oxygen atoms in total. The predicted molar refractivity (Wildman–Crippen MR) is 119 cm³/mol. The summed E-state index contributed by atoms with van der Waals surface area (Å²) in [5.41, 5.74) is -2.44. The molecule has 7 heteroatoms. The summed E-state index contributed by atoms with van der Waals surface area (Å²) < 4.78 is 5.76. The van der Waals surface area contributed by atoms with Gasteiger partial charge in [0.25, 0.3) is 5.91 Å². The maximum absolute atomic E-state index is 13.6. The van der Waals surface area contributed by atoms with E-state index < -0.39 is 23.0 Å². The minimum Gasteiger partial charge on any atom is -0.458 e. The fourth-order valence-electron chi connectivity index (χ4n) is 3.96. The molecule has 0 aromatic rings. The van der Waals surface area contributed by atoms with Gasteiger partial charge in [0.05, 0.1) is 6.04 Å². The minimum absolute atomic E-state index is 0.0122. The number of likely N-dealkylation sites (N-methyl/N-ethyl adjacent to an activating group) is 1. The molecule has 2 atom stereocenters. The second kappa shape index (κ2) is 11.7. The van der Waals surface area contributed by atoms with Crippen molar-refractivity contribution in [3.8, 4) is 0 Å². The van der Waals surface area contributed by atoms with Crippen LogP contribution in [0.25, 0.3) is 0 Å². The van der Waals surface area contributed by atoms with Crippen molar-refractivity contribution in [1.29, 1.82) is 0 Å². The van der Waals surface area contributed by atoms with Crippen molar-refractivity contribution >= 4 is 17.8 Å². The normalized spacial score (nSPS) is 18.7. The summed E-state index contributed by atoms with van der Waals surface area (Å²) in [5, 5.41) is 6.06. The zero-order valence-corrected chi connectivity index (χ0v) is 20.1. The van der Waals surface area contributed by atoms with Crippen molar-refractivity contribution < 1.29 is 19.1 Å². The predicted octanol–water partition coefficient (Wildman–Crippen LogP) is 3.02. The number of nitrogens with one attached hydrogen (secondary N) is 2. The molecule has 2 N–H and O–H groups in total. The van der Waals surface area contributed by atoms with Gasteiger partial charge in [-0.2, -0.15) is 0 Å². The summed E-state index contributed by atoms with van der Waals surface area (Å²) in [4.78, 5) is 42.3. The lowest BCUT2D eigenvalue weighted by molar-refractivity contribution is -0.179. The van der Waals surface area contributed by atoms with Gasteiger partial charge in [0, 0.05) is 13.1 Å². The van der Waals surface area contributed by atoms with Gasteiger partial charge in [-0.15, -0.1) is 0 Å². The lowest BCUT2D eigenvalue weighted by Crippen LogP contribution is -2.68. The average Bonchev–Trinajstić information content (AvgIpc) is 3.16. The first kappa shape index (κ1) is 26.4. The van der Waals surface area contributed by atoms with Crippen LogP contribution >= 0.6 is 0 Å². The Hall–Kier alpha value is -1.63. The third-order valence-corrected chi connectivity index (χ3v) is 5.22. The molecular formula is C23H43N3O4. The molecule has 0 aromatic heterocycles. The zero-order valence-electron chi connectivity index (χ0n) is 20.1. The quantitative estimate of drug-likeness (QED) is 0.302.